The van der Waals surface area contributed by atoms with Gasteiger partial charge >= 0.3 is 0 Å². The first-order valence-corrected chi connectivity index (χ1v) is 7.37. The van der Waals surface area contributed by atoms with E-state index in [1.165, 1.54) is 18.5 Å². The van der Waals surface area contributed by atoms with Crippen molar-refractivity contribution in [2.45, 2.75) is 65.6 Å². The molecule has 1 fully saturated rings. The molecular weight excluding hydrogens is 238 g/mol. The number of ketones is 1. The predicted molar refractivity (Wildman–Crippen MR) is 76.0 cm³/mol. The molecule has 2 heterocycles. The number of likely N-dealkylation sites (tertiary alicyclic amines) is 1. The van der Waals surface area contributed by atoms with Gasteiger partial charge in [-0.2, -0.15) is 5.10 Å². The number of piperidine rings is 1. The molecule has 19 heavy (non-hydrogen) atoms. The fraction of sp³-hybridized carbons (Fsp3) is 0.733. The molecule has 0 amide bonds. The molecule has 0 spiro atoms. The molecule has 1 unspecified atom stereocenters. The second-order valence-electron chi connectivity index (χ2n) is 5.62. The van der Waals surface area contributed by atoms with E-state index in [0.717, 1.165) is 31.7 Å². The fourth-order valence-corrected chi connectivity index (χ4v) is 3.04. The van der Waals surface area contributed by atoms with Gasteiger partial charge in [-0.3, -0.25) is 14.4 Å². The number of carbonyl (C=O) groups excluding carboxylic acids is 1. The number of Topliss-reactive ketones (excluding diaryl/α,β-unsaturated/α-hetero) is 1. The first-order chi connectivity index (χ1) is 9.10. The zero-order chi connectivity index (χ0) is 13.8. The van der Waals surface area contributed by atoms with Gasteiger partial charge < -0.3 is 0 Å². The van der Waals surface area contributed by atoms with Gasteiger partial charge in [0.05, 0.1) is 11.4 Å². The van der Waals surface area contributed by atoms with Gasteiger partial charge in [0.25, 0.3) is 0 Å². The van der Waals surface area contributed by atoms with Crippen LogP contribution in [-0.4, -0.2) is 33.1 Å². The molecular formula is C15H25N3O. The maximum absolute atomic E-state index is 11.4. The van der Waals surface area contributed by atoms with Crippen molar-refractivity contribution in [3.63, 3.8) is 0 Å². The third-order valence-corrected chi connectivity index (χ3v) is 3.92. The lowest BCUT2D eigenvalue weighted by atomic mass is 9.97. The average Bonchev–Trinajstić information content (AvgIpc) is 2.71. The lowest BCUT2D eigenvalue weighted by Gasteiger charge is -2.35. The van der Waals surface area contributed by atoms with Crippen LogP contribution in [-0.2, 0) is 17.9 Å². The molecule has 1 atom stereocenters. The maximum atomic E-state index is 11.4. The van der Waals surface area contributed by atoms with E-state index >= 15 is 0 Å². The molecule has 0 radical (unpaired) electrons. The molecule has 1 aromatic rings. The minimum absolute atomic E-state index is 0.303. The summed E-state index contributed by atoms with van der Waals surface area (Å²) in [5.41, 5.74) is 2.35. The van der Waals surface area contributed by atoms with Crippen molar-refractivity contribution >= 4 is 5.78 Å². The summed E-state index contributed by atoms with van der Waals surface area (Å²) in [7, 11) is 0. The summed E-state index contributed by atoms with van der Waals surface area (Å²) >= 11 is 0. The fourth-order valence-electron chi connectivity index (χ4n) is 3.04. The van der Waals surface area contributed by atoms with Crippen LogP contribution < -0.4 is 0 Å². The van der Waals surface area contributed by atoms with Gasteiger partial charge in [-0.25, -0.2) is 0 Å². The lowest BCUT2D eigenvalue weighted by molar-refractivity contribution is -0.118. The van der Waals surface area contributed by atoms with Crippen LogP contribution in [0.25, 0.3) is 0 Å². The summed E-state index contributed by atoms with van der Waals surface area (Å²) in [5, 5.41) is 4.50. The molecule has 1 aliphatic heterocycles. The van der Waals surface area contributed by atoms with Crippen LogP contribution in [0.4, 0.5) is 0 Å². The summed E-state index contributed by atoms with van der Waals surface area (Å²) in [6.07, 6.45) is 4.34. The molecule has 0 N–H and O–H groups in total. The van der Waals surface area contributed by atoms with Crippen molar-refractivity contribution < 1.29 is 4.79 Å². The topological polar surface area (TPSA) is 38.1 Å². The van der Waals surface area contributed by atoms with Crippen LogP contribution in [0.5, 0.6) is 0 Å². The van der Waals surface area contributed by atoms with E-state index in [1.807, 2.05) is 6.92 Å². The molecule has 1 aliphatic rings. The Bertz CT molecular complexity index is 439. The quantitative estimate of drug-likeness (QED) is 0.819. The summed E-state index contributed by atoms with van der Waals surface area (Å²) in [5.74, 6) is 0.303. The second-order valence-corrected chi connectivity index (χ2v) is 5.62. The predicted octanol–water partition coefficient (Wildman–Crippen LogP) is 2.55. The lowest BCUT2D eigenvalue weighted by Crippen LogP contribution is -2.40. The molecule has 0 aromatic carbocycles. The second kappa shape index (κ2) is 6.33. The normalized spacial score (nSPS) is 20.7. The maximum Gasteiger partial charge on any atom is 0.131 e. The Morgan fingerprint density at radius 1 is 1.47 bits per heavy atom. The Balaban J connectivity index is 2.08. The third kappa shape index (κ3) is 3.66. The molecule has 1 aromatic heterocycles. The van der Waals surface area contributed by atoms with Gasteiger partial charge in [-0.05, 0) is 46.2 Å². The smallest absolute Gasteiger partial charge is 0.131 e. The van der Waals surface area contributed by atoms with Crippen LogP contribution in [0.2, 0.25) is 0 Å². The number of rotatable bonds is 5. The van der Waals surface area contributed by atoms with E-state index in [0.29, 0.717) is 18.2 Å². The van der Waals surface area contributed by atoms with Crippen LogP contribution in [0, 0.1) is 6.92 Å². The Morgan fingerprint density at radius 3 is 2.95 bits per heavy atom. The Hall–Kier alpha value is -1.16. The molecule has 4 nitrogen and oxygen atoms in total. The highest BCUT2D eigenvalue weighted by molar-refractivity contribution is 5.76. The van der Waals surface area contributed by atoms with Gasteiger partial charge in [0.15, 0.2) is 0 Å². The SMILES string of the molecule is CCn1nc(C)cc1CN1CCCCC1CC(C)=O. The molecule has 1 saturated heterocycles. The molecule has 106 valence electrons. The first-order valence-electron chi connectivity index (χ1n) is 7.37. The summed E-state index contributed by atoms with van der Waals surface area (Å²) in [6, 6.07) is 2.59. The van der Waals surface area contributed by atoms with Gasteiger partial charge in [0.1, 0.15) is 5.78 Å². The van der Waals surface area contributed by atoms with E-state index in [1.54, 1.807) is 6.92 Å². The third-order valence-electron chi connectivity index (χ3n) is 3.92. The highest BCUT2D eigenvalue weighted by Crippen LogP contribution is 2.22. The van der Waals surface area contributed by atoms with Crippen molar-refractivity contribution in [1.29, 1.82) is 0 Å². The molecule has 2 rings (SSSR count). The van der Waals surface area contributed by atoms with Gasteiger partial charge in [-0.15, -0.1) is 0 Å². The molecule has 0 bridgehead atoms. The Morgan fingerprint density at radius 2 is 2.26 bits per heavy atom. The van der Waals surface area contributed by atoms with Crippen molar-refractivity contribution in [1.82, 2.24) is 14.7 Å². The number of carbonyl (C=O) groups is 1. The number of aromatic nitrogens is 2. The highest BCUT2D eigenvalue weighted by Gasteiger charge is 2.24. The van der Waals surface area contributed by atoms with Gasteiger partial charge in [-0.1, -0.05) is 6.42 Å². The van der Waals surface area contributed by atoms with Crippen molar-refractivity contribution in [2.75, 3.05) is 6.54 Å². The number of nitrogens with zero attached hydrogens (tertiary/aromatic N) is 3. The molecule has 4 heteroatoms. The number of hydrogen-bond acceptors (Lipinski definition) is 3. The van der Waals surface area contributed by atoms with Crippen LogP contribution in [0.15, 0.2) is 6.07 Å². The van der Waals surface area contributed by atoms with Gasteiger partial charge in [0.2, 0.25) is 0 Å². The minimum Gasteiger partial charge on any atom is -0.300 e. The minimum atomic E-state index is 0.303. The van der Waals surface area contributed by atoms with Crippen molar-refractivity contribution in [2.24, 2.45) is 0 Å². The molecule has 0 aliphatic carbocycles. The van der Waals surface area contributed by atoms with Crippen LogP contribution in [0.3, 0.4) is 0 Å². The molecule has 0 saturated carbocycles. The van der Waals surface area contributed by atoms with Crippen molar-refractivity contribution in [3.8, 4) is 0 Å². The average molecular weight is 263 g/mol. The van der Waals surface area contributed by atoms with E-state index < -0.39 is 0 Å². The number of hydrogen-bond donors (Lipinski definition) is 0. The Kier molecular flexibility index (Phi) is 4.75. The zero-order valence-electron chi connectivity index (χ0n) is 12.4. The largest absolute Gasteiger partial charge is 0.300 e. The highest BCUT2D eigenvalue weighted by atomic mass is 16.1. The van der Waals surface area contributed by atoms with Crippen LogP contribution in [0.1, 0.15) is 50.9 Å². The number of aryl methyl sites for hydroxylation is 2. The van der Waals surface area contributed by atoms with E-state index in [-0.39, 0.29) is 0 Å². The first kappa shape index (κ1) is 14.3. The van der Waals surface area contributed by atoms with Crippen LogP contribution >= 0.6 is 0 Å². The standard InChI is InChI=1S/C15H25N3O/c1-4-18-15(9-12(2)16-18)11-17-8-6-5-7-14(17)10-13(3)19/h9,14H,4-8,10-11H2,1-3H3. The zero-order valence-corrected chi connectivity index (χ0v) is 12.4. The summed E-state index contributed by atoms with van der Waals surface area (Å²) in [6.45, 7) is 8.80. The summed E-state index contributed by atoms with van der Waals surface area (Å²) < 4.78 is 2.08. The van der Waals surface area contributed by atoms with E-state index in [2.05, 4.69) is 27.7 Å². The monoisotopic (exact) mass is 263 g/mol. The Labute approximate surface area is 115 Å². The van der Waals surface area contributed by atoms with Crippen molar-refractivity contribution in [3.05, 3.63) is 17.5 Å². The van der Waals surface area contributed by atoms with Gasteiger partial charge in [0, 0.05) is 25.6 Å². The van der Waals surface area contributed by atoms with E-state index in [4.69, 9.17) is 0 Å². The van der Waals surface area contributed by atoms with E-state index in [9.17, 15) is 4.79 Å². The summed E-state index contributed by atoms with van der Waals surface area (Å²) in [4.78, 5) is 13.9.